The average molecular weight is 343 g/mol. The number of ether oxygens (including phenoxy) is 2. The lowest BCUT2D eigenvalue weighted by molar-refractivity contribution is -0.119. The molecule has 2 rings (SSSR count). The first-order valence-electron chi connectivity index (χ1n) is 7.88. The van der Waals surface area contributed by atoms with Gasteiger partial charge in [-0.2, -0.15) is 0 Å². The number of aromatic hydroxyl groups is 1. The number of phenols is 1. The van der Waals surface area contributed by atoms with Crippen molar-refractivity contribution in [2.24, 2.45) is 0 Å². The summed E-state index contributed by atoms with van der Waals surface area (Å²) in [7, 11) is 1.45. The van der Waals surface area contributed by atoms with E-state index in [0.29, 0.717) is 5.75 Å². The van der Waals surface area contributed by atoms with Crippen molar-refractivity contribution in [2.75, 3.05) is 19.0 Å². The molecule has 1 amide bonds. The van der Waals surface area contributed by atoms with Crippen molar-refractivity contribution < 1.29 is 24.2 Å². The van der Waals surface area contributed by atoms with Gasteiger partial charge in [0, 0.05) is 5.69 Å². The minimum atomic E-state index is -0.799. The van der Waals surface area contributed by atoms with Crippen LogP contribution in [0.3, 0.4) is 0 Å². The fourth-order valence-corrected chi connectivity index (χ4v) is 2.39. The Labute approximate surface area is 146 Å². The summed E-state index contributed by atoms with van der Waals surface area (Å²) < 4.78 is 9.99. The van der Waals surface area contributed by atoms with Crippen LogP contribution in [0.1, 0.15) is 28.4 Å². The Morgan fingerprint density at radius 3 is 2.64 bits per heavy atom. The normalized spacial score (nSPS) is 10.2. The van der Waals surface area contributed by atoms with Crippen molar-refractivity contribution in [2.45, 2.75) is 20.3 Å². The molecule has 6 nitrogen and oxygen atoms in total. The first-order valence-corrected chi connectivity index (χ1v) is 7.88. The van der Waals surface area contributed by atoms with Crippen molar-refractivity contribution in [1.29, 1.82) is 0 Å². The molecular weight excluding hydrogens is 322 g/mol. The number of hydrogen-bond donors (Lipinski definition) is 2. The zero-order valence-corrected chi connectivity index (χ0v) is 14.5. The van der Waals surface area contributed by atoms with Gasteiger partial charge in [-0.3, -0.25) is 4.79 Å². The lowest BCUT2D eigenvalue weighted by atomic mass is 10.1. The first kappa shape index (κ1) is 18.3. The molecule has 0 radical (unpaired) electrons. The molecule has 0 aromatic heterocycles. The number of phenolic OH excluding ortho intramolecular Hbond substituents is 1. The summed E-state index contributed by atoms with van der Waals surface area (Å²) in [6.07, 6.45) is 0.773. The number of para-hydroxylation sites is 1. The molecule has 0 unspecified atom stereocenters. The molecule has 2 N–H and O–H groups in total. The monoisotopic (exact) mass is 343 g/mol. The van der Waals surface area contributed by atoms with Crippen molar-refractivity contribution >= 4 is 17.6 Å². The van der Waals surface area contributed by atoms with Gasteiger partial charge in [0.25, 0.3) is 5.91 Å². The summed E-state index contributed by atoms with van der Waals surface area (Å²) in [6.45, 7) is 3.44. The number of rotatable bonds is 6. The van der Waals surface area contributed by atoms with E-state index in [9.17, 15) is 14.7 Å². The van der Waals surface area contributed by atoms with E-state index in [2.05, 4.69) is 5.32 Å². The van der Waals surface area contributed by atoms with E-state index in [1.807, 2.05) is 32.0 Å². The largest absolute Gasteiger partial charge is 0.507 e. The van der Waals surface area contributed by atoms with E-state index < -0.39 is 18.5 Å². The van der Waals surface area contributed by atoms with Gasteiger partial charge in [0.1, 0.15) is 17.1 Å². The molecule has 0 aliphatic heterocycles. The second-order valence-corrected chi connectivity index (χ2v) is 5.47. The van der Waals surface area contributed by atoms with Crippen LogP contribution in [0.5, 0.6) is 11.5 Å². The highest BCUT2D eigenvalue weighted by Crippen LogP contribution is 2.24. The molecule has 0 saturated heterocycles. The predicted molar refractivity (Wildman–Crippen MR) is 94.1 cm³/mol. The van der Waals surface area contributed by atoms with Gasteiger partial charge in [-0.15, -0.1) is 0 Å². The standard InChI is InChI=1S/C19H21NO5/c1-4-13-7-5-6-12(2)18(13)20-17(22)11-25-19(23)15-10-14(24-3)8-9-16(15)21/h5-10,21H,4,11H2,1-3H3,(H,20,22). The number of nitrogens with one attached hydrogen (secondary N) is 1. The maximum atomic E-state index is 12.1. The minimum Gasteiger partial charge on any atom is -0.507 e. The quantitative estimate of drug-likeness (QED) is 0.788. The van der Waals surface area contributed by atoms with Gasteiger partial charge >= 0.3 is 5.97 Å². The fraction of sp³-hybridized carbons (Fsp3) is 0.263. The highest BCUT2D eigenvalue weighted by molar-refractivity contribution is 5.97. The molecule has 2 aromatic rings. The number of amides is 1. The van der Waals surface area contributed by atoms with Crippen LogP contribution >= 0.6 is 0 Å². The number of carbonyl (C=O) groups is 2. The molecule has 0 atom stereocenters. The summed E-state index contributed by atoms with van der Waals surface area (Å²) >= 11 is 0. The van der Waals surface area contributed by atoms with Crippen LogP contribution in [0.4, 0.5) is 5.69 Å². The van der Waals surface area contributed by atoms with Crippen LogP contribution in [0, 0.1) is 6.92 Å². The second kappa shape index (κ2) is 8.19. The highest BCUT2D eigenvalue weighted by atomic mass is 16.5. The second-order valence-electron chi connectivity index (χ2n) is 5.47. The van der Waals surface area contributed by atoms with E-state index in [1.165, 1.54) is 25.3 Å². The smallest absolute Gasteiger partial charge is 0.342 e. The molecule has 0 heterocycles. The third-order valence-corrected chi connectivity index (χ3v) is 3.76. The van der Waals surface area contributed by atoms with E-state index in [-0.39, 0.29) is 11.3 Å². The van der Waals surface area contributed by atoms with Gasteiger partial charge in [-0.25, -0.2) is 4.79 Å². The highest BCUT2D eigenvalue weighted by Gasteiger charge is 2.16. The maximum absolute atomic E-state index is 12.1. The third-order valence-electron chi connectivity index (χ3n) is 3.76. The Balaban J connectivity index is 2.02. The number of aryl methyl sites for hydroxylation is 2. The van der Waals surface area contributed by atoms with Crippen LogP contribution in [-0.4, -0.2) is 30.7 Å². The van der Waals surface area contributed by atoms with Gasteiger partial charge in [0.05, 0.1) is 7.11 Å². The zero-order chi connectivity index (χ0) is 18.4. The van der Waals surface area contributed by atoms with Crippen LogP contribution in [0.25, 0.3) is 0 Å². The van der Waals surface area contributed by atoms with Crippen molar-refractivity contribution in [3.63, 3.8) is 0 Å². The van der Waals surface area contributed by atoms with Gasteiger partial charge < -0.3 is 19.9 Å². The molecule has 2 aromatic carbocycles. The van der Waals surface area contributed by atoms with Crippen LogP contribution in [0.2, 0.25) is 0 Å². The average Bonchev–Trinajstić information content (AvgIpc) is 2.61. The minimum absolute atomic E-state index is 0.0581. The lowest BCUT2D eigenvalue weighted by Crippen LogP contribution is -2.22. The van der Waals surface area contributed by atoms with Crippen molar-refractivity contribution in [3.05, 3.63) is 53.1 Å². The van der Waals surface area contributed by atoms with E-state index in [4.69, 9.17) is 9.47 Å². The molecule has 0 aliphatic carbocycles. The Morgan fingerprint density at radius 2 is 1.96 bits per heavy atom. The van der Waals surface area contributed by atoms with Gasteiger partial charge in [0.2, 0.25) is 0 Å². The first-order chi connectivity index (χ1) is 12.0. The maximum Gasteiger partial charge on any atom is 0.342 e. The lowest BCUT2D eigenvalue weighted by Gasteiger charge is -2.13. The van der Waals surface area contributed by atoms with E-state index in [1.54, 1.807) is 0 Å². The summed E-state index contributed by atoms with van der Waals surface area (Å²) in [5.41, 5.74) is 2.61. The van der Waals surface area contributed by atoms with Crippen molar-refractivity contribution in [1.82, 2.24) is 0 Å². The molecular formula is C19H21NO5. The van der Waals surface area contributed by atoms with Gasteiger partial charge in [-0.05, 0) is 42.7 Å². The molecule has 0 spiro atoms. The Hall–Kier alpha value is -3.02. The Kier molecular flexibility index (Phi) is 6.00. The topological polar surface area (TPSA) is 84.9 Å². The number of methoxy groups -OCH3 is 1. The number of hydrogen-bond acceptors (Lipinski definition) is 5. The van der Waals surface area contributed by atoms with Gasteiger partial charge in [-0.1, -0.05) is 25.1 Å². The molecule has 25 heavy (non-hydrogen) atoms. The molecule has 0 aliphatic rings. The van der Waals surface area contributed by atoms with Crippen LogP contribution < -0.4 is 10.1 Å². The number of carbonyl (C=O) groups excluding carboxylic acids is 2. The number of benzene rings is 2. The Morgan fingerprint density at radius 1 is 1.20 bits per heavy atom. The van der Waals surface area contributed by atoms with E-state index >= 15 is 0 Å². The summed E-state index contributed by atoms with van der Waals surface area (Å²) in [6, 6.07) is 9.96. The SMILES string of the molecule is CCc1cccc(C)c1NC(=O)COC(=O)c1cc(OC)ccc1O. The molecule has 0 bridgehead atoms. The van der Waals surface area contributed by atoms with Crippen molar-refractivity contribution in [3.8, 4) is 11.5 Å². The van der Waals surface area contributed by atoms with E-state index in [0.717, 1.165) is 23.2 Å². The number of esters is 1. The summed E-state index contributed by atoms with van der Waals surface area (Å²) in [4.78, 5) is 24.2. The summed E-state index contributed by atoms with van der Waals surface area (Å²) in [5.74, 6) is -1.08. The predicted octanol–water partition coefficient (Wildman–Crippen LogP) is 3.07. The van der Waals surface area contributed by atoms with Crippen LogP contribution in [-0.2, 0) is 16.0 Å². The molecule has 0 saturated carbocycles. The summed E-state index contributed by atoms with van der Waals surface area (Å²) in [5, 5.41) is 12.5. The third kappa shape index (κ3) is 4.50. The van der Waals surface area contributed by atoms with Crippen LogP contribution in [0.15, 0.2) is 36.4 Å². The molecule has 132 valence electrons. The fourth-order valence-electron chi connectivity index (χ4n) is 2.39. The molecule has 0 fully saturated rings. The Bertz CT molecular complexity index is 785. The number of anilines is 1. The molecule has 6 heteroatoms. The van der Waals surface area contributed by atoms with Gasteiger partial charge in [0.15, 0.2) is 6.61 Å². The zero-order valence-electron chi connectivity index (χ0n) is 14.5.